The lowest BCUT2D eigenvalue weighted by Crippen LogP contribution is -2.13. The van der Waals surface area contributed by atoms with E-state index in [0.717, 1.165) is 17.8 Å². The van der Waals surface area contributed by atoms with Gasteiger partial charge >= 0.3 is 0 Å². The predicted octanol–water partition coefficient (Wildman–Crippen LogP) is 8.63. The summed E-state index contributed by atoms with van der Waals surface area (Å²) in [7, 11) is 0. The third-order valence-electron chi connectivity index (χ3n) is 7.19. The van der Waals surface area contributed by atoms with Crippen molar-refractivity contribution in [2.45, 2.75) is 77.6 Å². The minimum atomic E-state index is 0.783. The van der Waals surface area contributed by atoms with Crippen molar-refractivity contribution < 1.29 is 0 Å². The number of hydrogen-bond acceptors (Lipinski definition) is 0. The molecule has 148 valence electrons. The van der Waals surface area contributed by atoms with Gasteiger partial charge in [0.15, 0.2) is 0 Å². The maximum Gasteiger partial charge on any atom is -0.0162 e. The first-order valence-corrected chi connectivity index (χ1v) is 11.6. The lowest BCUT2D eigenvalue weighted by Gasteiger charge is -2.28. The molecule has 2 aliphatic carbocycles. The van der Waals surface area contributed by atoms with E-state index in [0.29, 0.717) is 0 Å². The summed E-state index contributed by atoms with van der Waals surface area (Å²) in [5.41, 5.74) is 7.19. The molecule has 2 aromatic carbocycles. The number of benzene rings is 2. The van der Waals surface area contributed by atoms with Crippen LogP contribution < -0.4 is 0 Å². The quantitative estimate of drug-likeness (QED) is 0.492. The average Bonchev–Trinajstić information content (AvgIpc) is 2.75. The van der Waals surface area contributed by atoms with Crippen molar-refractivity contribution >= 4 is 5.57 Å². The first kappa shape index (κ1) is 19.5. The van der Waals surface area contributed by atoms with Gasteiger partial charge in [0.05, 0.1) is 0 Å². The molecule has 0 radical (unpaired) electrons. The lowest BCUT2D eigenvalue weighted by atomic mass is 9.77. The Kier molecular flexibility index (Phi) is 6.35. The van der Waals surface area contributed by atoms with E-state index in [1.807, 2.05) is 0 Å². The highest BCUT2D eigenvalue weighted by Crippen LogP contribution is 2.38. The molecular weight excluding hydrogens is 336 g/mol. The van der Waals surface area contributed by atoms with E-state index in [2.05, 4.69) is 68.5 Å². The zero-order valence-corrected chi connectivity index (χ0v) is 17.8. The topological polar surface area (TPSA) is 0 Å². The van der Waals surface area contributed by atoms with Crippen molar-refractivity contribution in [1.82, 2.24) is 0 Å². The lowest BCUT2D eigenvalue weighted by molar-refractivity contribution is 0.308. The van der Waals surface area contributed by atoms with E-state index in [-0.39, 0.29) is 0 Å². The Morgan fingerprint density at radius 3 is 1.93 bits per heavy atom. The summed E-state index contributed by atoms with van der Waals surface area (Å²) >= 11 is 0. The Labute approximate surface area is 172 Å². The molecule has 0 aliphatic heterocycles. The molecule has 0 bridgehead atoms. The number of rotatable bonds is 5. The highest BCUT2D eigenvalue weighted by molar-refractivity contribution is 5.71. The minimum absolute atomic E-state index is 0.783. The van der Waals surface area contributed by atoms with Crippen molar-refractivity contribution in [1.29, 1.82) is 0 Å². The van der Waals surface area contributed by atoms with Crippen LogP contribution in [0.25, 0.3) is 16.7 Å². The second-order valence-electron chi connectivity index (χ2n) is 9.31. The largest absolute Gasteiger partial charge is 0.0805 e. The van der Waals surface area contributed by atoms with Crippen LogP contribution in [0.15, 0.2) is 54.6 Å². The normalized spacial score (nSPS) is 25.4. The van der Waals surface area contributed by atoms with E-state index in [1.54, 1.807) is 11.1 Å². The van der Waals surface area contributed by atoms with Crippen molar-refractivity contribution in [3.8, 4) is 11.1 Å². The third kappa shape index (κ3) is 4.59. The smallest absolute Gasteiger partial charge is 0.0162 e. The van der Waals surface area contributed by atoms with Crippen molar-refractivity contribution in [3.63, 3.8) is 0 Å². The van der Waals surface area contributed by atoms with Crippen LogP contribution in [0.5, 0.6) is 0 Å². The maximum atomic E-state index is 2.45. The number of hydrogen-bond donors (Lipinski definition) is 0. The molecule has 0 amide bonds. The summed E-state index contributed by atoms with van der Waals surface area (Å²) in [5, 5.41) is 0. The van der Waals surface area contributed by atoms with Crippen LogP contribution in [0.3, 0.4) is 0 Å². The summed E-state index contributed by atoms with van der Waals surface area (Å²) in [4.78, 5) is 0. The summed E-state index contributed by atoms with van der Waals surface area (Å²) in [5.74, 6) is 2.62. The van der Waals surface area contributed by atoms with Crippen LogP contribution in [0.1, 0.15) is 88.7 Å². The molecule has 0 saturated heterocycles. The fraction of sp³-hybridized carbons (Fsp3) is 0.500. The molecule has 0 spiro atoms. The van der Waals surface area contributed by atoms with Gasteiger partial charge in [-0.2, -0.15) is 0 Å². The van der Waals surface area contributed by atoms with Crippen LogP contribution >= 0.6 is 0 Å². The van der Waals surface area contributed by atoms with Gasteiger partial charge in [-0.25, -0.2) is 0 Å². The van der Waals surface area contributed by atoms with Gasteiger partial charge in [0.2, 0.25) is 0 Å². The zero-order valence-electron chi connectivity index (χ0n) is 17.8. The van der Waals surface area contributed by atoms with Crippen LogP contribution in [0.2, 0.25) is 0 Å². The van der Waals surface area contributed by atoms with Crippen LogP contribution in [0.4, 0.5) is 0 Å². The Morgan fingerprint density at radius 2 is 1.36 bits per heavy atom. The van der Waals surface area contributed by atoms with Crippen LogP contribution in [-0.2, 0) is 0 Å². The van der Waals surface area contributed by atoms with Gasteiger partial charge in [0.1, 0.15) is 0 Å². The Balaban J connectivity index is 1.40. The standard InChI is InChI=1S/C28H36/c1-3-4-22-7-11-24(12-8-22)26-15-19-28(20-16-26)27-17-13-25(14-18-27)23-9-5-21(2)6-10-23/h9,13-22,24H,3-8,10-12H2,1-2H3. The van der Waals surface area contributed by atoms with E-state index < -0.39 is 0 Å². The predicted molar refractivity (Wildman–Crippen MR) is 122 cm³/mol. The SMILES string of the molecule is CCCC1CCC(c2ccc(-c3ccc(C4=CCC(C)CC4)cc3)cc2)CC1. The molecule has 1 saturated carbocycles. The van der Waals surface area contributed by atoms with Crippen LogP contribution in [0, 0.1) is 11.8 Å². The van der Waals surface area contributed by atoms with Crippen molar-refractivity contribution in [2.75, 3.05) is 0 Å². The Bertz CT molecular complexity index is 770. The fourth-order valence-corrected chi connectivity index (χ4v) is 5.24. The summed E-state index contributed by atoms with van der Waals surface area (Å²) in [6.45, 7) is 4.68. The third-order valence-corrected chi connectivity index (χ3v) is 7.19. The van der Waals surface area contributed by atoms with Gasteiger partial charge in [-0.15, -0.1) is 0 Å². The molecule has 0 nitrogen and oxygen atoms in total. The first-order valence-electron chi connectivity index (χ1n) is 11.6. The Morgan fingerprint density at radius 1 is 0.750 bits per heavy atom. The highest BCUT2D eigenvalue weighted by atomic mass is 14.3. The summed E-state index contributed by atoms with van der Waals surface area (Å²) < 4.78 is 0. The van der Waals surface area contributed by atoms with E-state index in [4.69, 9.17) is 0 Å². The highest BCUT2D eigenvalue weighted by Gasteiger charge is 2.21. The maximum absolute atomic E-state index is 2.45. The van der Waals surface area contributed by atoms with Crippen LogP contribution in [-0.4, -0.2) is 0 Å². The van der Waals surface area contributed by atoms with Gasteiger partial charge in [-0.3, -0.25) is 0 Å². The van der Waals surface area contributed by atoms with Gasteiger partial charge < -0.3 is 0 Å². The number of allylic oxidation sites excluding steroid dienone is 2. The average molecular weight is 373 g/mol. The van der Waals surface area contributed by atoms with Gasteiger partial charge in [0, 0.05) is 0 Å². The zero-order chi connectivity index (χ0) is 19.3. The Hall–Kier alpha value is -1.82. The minimum Gasteiger partial charge on any atom is -0.0805 e. The van der Waals surface area contributed by atoms with Gasteiger partial charge in [0.25, 0.3) is 0 Å². The van der Waals surface area contributed by atoms with Crippen molar-refractivity contribution in [2.24, 2.45) is 11.8 Å². The van der Waals surface area contributed by atoms with Gasteiger partial charge in [-0.1, -0.05) is 81.3 Å². The second kappa shape index (κ2) is 9.12. The molecule has 1 atom stereocenters. The molecule has 0 heteroatoms. The molecule has 4 rings (SSSR count). The van der Waals surface area contributed by atoms with E-state index in [1.165, 1.54) is 74.5 Å². The molecule has 1 unspecified atom stereocenters. The fourth-order valence-electron chi connectivity index (χ4n) is 5.24. The van der Waals surface area contributed by atoms with E-state index >= 15 is 0 Å². The molecule has 0 N–H and O–H groups in total. The molecule has 2 aliphatic rings. The monoisotopic (exact) mass is 372 g/mol. The second-order valence-corrected chi connectivity index (χ2v) is 9.31. The molecule has 2 aromatic rings. The summed E-state index contributed by atoms with van der Waals surface area (Å²) in [6, 6.07) is 18.7. The molecule has 0 aromatic heterocycles. The van der Waals surface area contributed by atoms with E-state index in [9.17, 15) is 0 Å². The first-order chi connectivity index (χ1) is 13.7. The van der Waals surface area contributed by atoms with Crippen molar-refractivity contribution in [3.05, 3.63) is 65.7 Å². The molecule has 28 heavy (non-hydrogen) atoms. The molecule has 1 fully saturated rings. The molecule has 0 heterocycles. The summed E-state index contributed by atoms with van der Waals surface area (Å²) in [6.07, 6.45) is 14.6. The molecular formula is C28H36. The van der Waals surface area contributed by atoms with Gasteiger partial charge in [-0.05, 0) is 90.5 Å².